The number of halogens is 1. The van der Waals surface area contributed by atoms with E-state index < -0.39 is 0 Å². The van der Waals surface area contributed by atoms with E-state index in [4.69, 9.17) is 11.6 Å². The van der Waals surface area contributed by atoms with Crippen LogP contribution in [0.1, 0.15) is 42.6 Å². The lowest BCUT2D eigenvalue weighted by molar-refractivity contribution is -0.0492. The molecule has 0 spiro atoms. The van der Waals surface area contributed by atoms with Crippen LogP contribution in [-0.4, -0.2) is 34.1 Å². The fourth-order valence-electron chi connectivity index (χ4n) is 5.28. The average molecular weight is 306 g/mol. The average Bonchev–Trinajstić information content (AvgIpc) is 2.46. The van der Waals surface area contributed by atoms with Crippen LogP contribution in [0.4, 0.5) is 0 Å². The summed E-state index contributed by atoms with van der Waals surface area (Å²) in [5.41, 5.74) is 0.399. The SMILES string of the molecule is CN(C(=O)c1ccc(Cl)nn1)C1C2CC3CC(C2)CC1C3. The summed E-state index contributed by atoms with van der Waals surface area (Å²) in [6, 6.07) is 3.69. The van der Waals surface area contributed by atoms with Crippen molar-refractivity contribution in [3.8, 4) is 0 Å². The van der Waals surface area contributed by atoms with Crippen LogP contribution in [0.2, 0.25) is 5.15 Å². The second-order valence-electron chi connectivity index (χ2n) is 7.08. The van der Waals surface area contributed by atoms with E-state index in [1.165, 1.54) is 32.1 Å². The molecule has 0 aliphatic heterocycles. The lowest BCUT2D eigenvalue weighted by Gasteiger charge is -2.56. The van der Waals surface area contributed by atoms with Crippen LogP contribution in [0.5, 0.6) is 0 Å². The quantitative estimate of drug-likeness (QED) is 0.843. The molecule has 1 aromatic rings. The molecule has 1 aromatic heterocycles. The van der Waals surface area contributed by atoms with Crippen LogP contribution < -0.4 is 0 Å². The largest absolute Gasteiger partial charge is 0.337 e. The van der Waals surface area contributed by atoms with E-state index >= 15 is 0 Å². The highest BCUT2D eigenvalue weighted by Gasteiger charge is 2.50. The highest BCUT2D eigenvalue weighted by Crippen LogP contribution is 2.55. The first-order valence-electron chi connectivity index (χ1n) is 7.88. The number of rotatable bonds is 2. The molecule has 4 bridgehead atoms. The molecule has 112 valence electrons. The lowest BCUT2D eigenvalue weighted by Crippen LogP contribution is -2.56. The molecule has 0 aromatic carbocycles. The van der Waals surface area contributed by atoms with Crippen molar-refractivity contribution >= 4 is 17.5 Å². The molecule has 4 saturated carbocycles. The molecule has 4 nitrogen and oxygen atoms in total. The van der Waals surface area contributed by atoms with Crippen molar-refractivity contribution in [2.75, 3.05) is 7.05 Å². The van der Waals surface area contributed by atoms with Crippen molar-refractivity contribution < 1.29 is 4.79 Å². The van der Waals surface area contributed by atoms with Gasteiger partial charge in [-0.05, 0) is 67.9 Å². The number of carbonyl (C=O) groups is 1. The Bertz CT molecular complexity index is 531. The molecule has 0 radical (unpaired) electrons. The molecular formula is C16H20ClN3O. The number of carbonyl (C=O) groups excluding carboxylic acids is 1. The molecule has 0 saturated heterocycles. The third-order valence-corrected chi connectivity index (χ3v) is 6.00. The number of nitrogens with zero attached hydrogens (tertiary/aromatic N) is 3. The van der Waals surface area contributed by atoms with Crippen LogP contribution in [0.15, 0.2) is 12.1 Å². The zero-order valence-corrected chi connectivity index (χ0v) is 13.0. The maximum atomic E-state index is 12.7. The van der Waals surface area contributed by atoms with Gasteiger partial charge in [0, 0.05) is 13.1 Å². The van der Waals surface area contributed by atoms with Gasteiger partial charge >= 0.3 is 0 Å². The van der Waals surface area contributed by atoms with Crippen LogP contribution in [0.3, 0.4) is 0 Å². The summed E-state index contributed by atoms with van der Waals surface area (Å²) in [7, 11) is 1.94. The van der Waals surface area contributed by atoms with E-state index in [1.54, 1.807) is 12.1 Å². The normalized spacial score (nSPS) is 36.8. The molecule has 4 aliphatic rings. The molecule has 0 unspecified atom stereocenters. The van der Waals surface area contributed by atoms with Crippen molar-refractivity contribution in [1.82, 2.24) is 15.1 Å². The summed E-state index contributed by atoms with van der Waals surface area (Å²) in [5.74, 6) is 3.20. The van der Waals surface area contributed by atoms with E-state index in [2.05, 4.69) is 10.2 Å². The van der Waals surface area contributed by atoms with Gasteiger partial charge < -0.3 is 4.90 Å². The van der Waals surface area contributed by atoms with Gasteiger partial charge in [0.2, 0.25) is 0 Å². The number of hydrogen-bond donors (Lipinski definition) is 0. The zero-order valence-electron chi connectivity index (χ0n) is 12.2. The topological polar surface area (TPSA) is 46.1 Å². The minimum absolute atomic E-state index is 0.0170. The Hall–Kier alpha value is -1.16. The van der Waals surface area contributed by atoms with Gasteiger partial charge in [-0.3, -0.25) is 4.79 Å². The van der Waals surface area contributed by atoms with Crippen LogP contribution in [0.25, 0.3) is 0 Å². The maximum Gasteiger partial charge on any atom is 0.274 e. The minimum atomic E-state index is -0.0170. The van der Waals surface area contributed by atoms with E-state index in [1.807, 2.05) is 11.9 Å². The predicted molar refractivity (Wildman–Crippen MR) is 80.0 cm³/mol. The number of aromatic nitrogens is 2. The van der Waals surface area contributed by atoms with Gasteiger partial charge in [-0.15, -0.1) is 10.2 Å². The number of hydrogen-bond acceptors (Lipinski definition) is 3. The summed E-state index contributed by atoms with van der Waals surface area (Å²) in [6.45, 7) is 0. The molecule has 1 heterocycles. The Kier molecular flexibility index (Phi) is 3.18. The third-order valence-electron chi connectivity index (χ3n) is 5.80. The first-order chi connectivity index (χ1) is 10.1. The highest BCUT2D eigenvalue weighted by molar-refractivity contribution is 6.29. The van der Waals surface area contributed by atoms with Gasteiger partial charge in [0.25, 0.3) is 5.91 Å². The van der Waals surface area contributed by atoms with Gasteiger partial charge in [0.15, 0.2) is 10.8 Å². The Morgan fingerprint density at radius 1 is 1.10 bits per heavy atom. The molecule has 21 heavy (non-hydrogen) atoms. The van der Waals surface area contributed by atoms with E-state index in [-0.39, 0.29) is 5.91 Å². The second kappa shape index (κ2) is 4.94. The minimum Gasteiger partial charge on any atom is -0.337 e. The fraction of sp³-hybridized carbons (Fsp3) is 0.688. The Morgan fingerprint density at radius 3 is 2.24 bits per heavy atom. The van der Waals surface area contributed by atoms with Crippen LogP contribution in [0, 0.1) is 23.7 Å². The van der Waals surface area contributed by atoms with Crippen LogP contribution in [-0.2, 0) is 0 Å². The fourth-order valence-corrected chi connectivity index (χ4v) is 5.38. The summed E-state index contributed by atoms with van der Waals surface area (Å²) in [6.07, 6.45) is 6.66. The molecule has 1 amide bonds. The molecule has 0 atom stereocenters. The lowest BCUT2D eigenvalue weighted by atomic mass is 9.54. The third kappa shape index (κ3) is 2.24. The Morgan fingerprint density at radius 2 is 1.71 bits per heavy atom. The summed E-state index contributed by atoms with van der Waals surface area (Å²) in [5, 5.41) is 8.05. The Labute approximate surface area is 129 Å². The predicted octanol–water partition coefficient (Wildman–Crippen LogP) is 3.03. The van der Waals surface area contributed by atoms with Gasteiger partial charge in [0.1, 0.15) is 0 Å². The monoisotopic (exact) mass is 305 g/mol. The van der Waals surface area contributed by atoms with Crippen molar-refractivity contribution in [3.63, 3.8) is 0 Å². The highest BCUT2D eigenvalue weighted by atomic mass is 35.5. The molecule has 0 N–H and O–H groups in total. The summed E-state index contributed by atoms with van der Waals surface area (Å²) < 4.78 is 0. The van der Waals surface area contributed by atoms with Crippen LogP contribution >= 0.6 is 11.6 Å². The zero-order chi connectivity index (χ0) is 14.6. The summed E-state index contributed by atoms with van der Waals surface area (Å²) >= 11 is 5.74. The maximum absolute atomic E-state index is 12.7. The van der Waals surface area contributed by atoms with Crippen molar-refractivity contribution in [2.24, 2.45) is 23.7 Å². The Balaban J connectivity index is 1.55. The van der Waals surface area contributed by atoms with Gasteiger partial charge in [-0.2, -0.15) is 0 Å². The van der Waals surface area contributed by atoms with E-state index in [9.17, 15) is 4.79 Å². The van der Waals surface area contributed by atoms with Gasteiger partial charge in [0.05, 0.1) is 0 Å². The van der Waals surface area contributed by atoms with Crippen molar-refractivity contribution in [1.29, 1.82) is 0 Å². The molecular weight excluding hydrogens is 286 g/mol. The van der Waals surface area contributed by atoms with Crippen molar-refractivity contribution in [2.45, 2.75) is 38.1 Å². The first kappa shape index (κ1) is 13.5. The van der Waals surface area contributed by atoms with E-state index in [0.717, 1.165) is 11.8 Å². The van der Waals surface area contributed by atoms with Gasteiger partial charge in [-0.1, -0.05) is 11.6 Å². The molecule has 5 rings (SSSR count). The second-order valence-corrected chi connectivity index (χ2v) is 7.47. The standard InChI is InChI=1S/C16H20ClN3O/c1-20(16(21)13-2-3-14(17)19-18-13)15-11-5-9-4-10(7-11)8-12(15)6-9/h2-3,9-12,15H,4-8H2,1H3. The van der Waals surface area contributed by atoms with Gasteiger partial charge in [-0.25, -0.2) is 0 Å². The molecule has 4 fully saturated rings. The molecule has 5 heteroatoms. The molecule has 4 aliphatic carbocycles. The van der Waals surface area contributed by atoms with Crippen molar-refractivity contribution in [3.05, 3.63) is 23.0 Å². The van der Waals surface area contributed by atoms with E-state index in [0.29, 0.717) is 28.7 Å². The number of amides is 1. The first-order valence-corrected chi connectivity index (χ1v) is 8.26. The summed E-state index contributed by atoms with van der Waals surface area (Å²) in [4.78, 5) is 14.6. The smallest absolute Gasteiger partial charge is 0.274 e.